The summed E-state index contributed by atoms with van der Waals surface area (Å²) in [5.41, 5.74) is 2.27. The Balaban J connectivity index is 1.73. The quantitative estimate of drug-likeness (QED) is 0.450. The van der Waals surface area contributed by atoms with Crippen LogP contribution in [0.3, 0.4) is 0 Å². The molecule has 0 saturated heterocycles. The van der Waals surface area contributed by atoms with Crippen molar-refractivity contribution in [1.82, 2.24) is 9.80 Å². The highest BCUT2D eigenvalue weighted by Gasteiger charge is 2.31. The molecule has 33 heavy (non-hydrogen) atoms. The number of nitrogens with zero attached hydrogens (tertiary/aromatic N) is 2. The van der Waals surface area contributed by atoms with E-state index in [9.17, 15) is 9.59 Å². The van der Waals surface area contributed by atoms with E-state index in [0.717, 1.165) is 31.2 Å². The fourth-order valence-electron chi connectivity index (χ4n) is 4.05. The van der Waals surface area contributed by atoms with E-state index in [1.54, 1.807) is 30.5 Å². The van der Waals surface area contributed by atoms with E-state index < -0.39 is 0 Å². The van der Waals surface area contributed by atoms with E-state index in [1.165, 1.54) is 10.4 Å². The van der Waals surface area contributed by atoms with Crippen LogP contribution in [0.4, 0.5) is 0 Å². The standard InChI is InChI=1S/C26H36N2O4S/c1-5-13-28(26(30)21-7-6-8-21)18-25(29)27(17-24-19(2)12-15-33-24)14-11-20-9-10-22(31-3)23(16-20)32-4/h9-10,12,15-16,21H,5-8,11,13-14,17-18H2,1-4H3. The zero-order valence-electron chi connectivity index (χ0n) is 20.3. The van der Waals surface area contributed by atoms with Gasteiger partial charge in [0.25, 0.3) is 0 Å². The van der Waals surface area contributed by atoms with Crippen molar-refractivity contribution in [3.63, 3.8) is 0 Å². The normalized spacial score (nSPS) is 13.3. The molecule has 0 radical (unpaired) electrons. The van der Waals surface area contributed by atoms with Crippen molar-refractivity contribution in [3.05, 3.63) is 45.6 Å². The van der Waals surface area contributed by atoms with Gasteiger partial charge in [-0.1, -0.05) is 19.4 Å². The van der Waals surface area contributed by atoms with Gasteiger partial charge in [-0.05, 0) is 67.3 Å². The number of carbonyl (C=O) groups excluding carboxylic acids is 2. The lowest BCUT2D eigenvalue weighted by Gasteiger charge is -2.33. The first-order chi connectivity index (χ1) is 16.0. The van der Waals surface area contributed by atoms with Gasteiger partial charge in [0.2, 0.25) is 11.8 Å². The van der Waals surface area contributed by atoms with Crippen molar-refractivity contribution in [1.29, 1.82) is 0 Å². The fourth-order valence-corrected chi connectivity index (χ4v) is 4.97. The van der Waals surface area contributed by atoms with E-state index in [4.69, 9.17) is 9.47 Å². The molecule has 0 N–H and O–H groups in total. The Morgan fingerprint density at radius 3 is 2.39 bits per heavy atom. The summed E-state index contributed by atoms with van der Waals surface area (Å²) in [6, 6.07) is 7.94. The largest absolute Gasteiger partial charge is 0.493 e. The number of aryl methyl sites for hydroxylation is 1. The number of hydrogen-bond acceptors (Lipinski definition) is 5. The van der Waals surface area contributed by atoms with Crippen LogP contribution in [0.2, 0.25) is 0 Å². The van der Waals surface area contributed by atoms with Gasteiger partial charge in [0, 0.05) is 23.9 Å². The Labute approximate surface area is 201 Å². The van der Waals surface area contributed by atoms with Crippen LogP contribution < -0.4 is 9.47 Å². The molecule has 3 rings (SSSR count). The Kier molecular flexibility index (Phi) is 9.18. The predicted molar refractivity (Wildman–Crippen MR) is 132 cm³/mol. The van der Waals surface area contributed by atoms with Gasteiger partial charge in [-0.25, -0.2) is 0 Å². The summed E-state index contributed by atoms with van der Waals surface area (Å²) in [5, 5.41) is 2.06. The number of hydrogen-bond donors (Lipinski definition) is 0. The number of carbonyl (C=O) groups is 2. The highest BCUT2D eigenvalue weighted by Crippen LogP contribution is 2.29. The lowest BCUT2D eigenvalue weighted by molar-refractivity contribution is -0.145. The third-order valence-electron chi connectivity index (χ3n) is 6.36. The van der Waals surface area contributed by atoms with Crippen molar-refractivity contribution in [2.45, 2.75) is 52.5 Å². The molecule has 0 bridgehead atoms. The summed E-state index contributed by atoms with van der Waals surface area (Å²) in [6.45, 7) is 6.04. The predicted octanol–water partition coefficient (Wildman–Crippen LogP) is 4.68. The molecule has 6 nitrogen and oxygen atoms in total. The van der Waals surface area contributed by atoms with Crippen LogP contribution in [0.1, 0.15) is 48.6 Å². The number of rotatable bonds is 12. The molecule has 1 aliphatic rings. The van der Waals surface area contributed by atoms with E-state index in [2.05, 4.69) is 25.3 Å². The van der Waals surface area contributed by atoms with Crippen LogP contribution in [-0.4, -0.2) is 55.5 Å². The summed E-state index contributed by atoms with van der Waals surface area (Å²) in [7, 11) is 3.24. The molecule has 0 spiro atoms. The van der Waals surface area contributed by atoms with Crippen LogP contribution in [0, 0.1) is 12.8 Å². The molecule has 0 atom stereocenters. The topological polar surface area (TPSA) is 59.1 Å². The Hall–Kier alpha value is -2.54. The number of benzene rings is 1. The van der Waals surface area contributed by atoms with Crippen molar-refractivity contribution >= 4 is 23.2 Å². The third kappa shape index (κ3) is 6.50. The SMILES string of the molecule is CCCN(CC(=O)N(CCc1ccc(OC)c(OC)c1)Cc1sccc1C)C(=O)C1CCC1. The van der Waals surface area contributed by atoms with Crippen LogP contribution in [-0.2, 0) is 22.6 Å². The lowest BCUT2D eigenvalue weighted by atomic mass is 9.84. The zero-order valence-corrected chi connectivity index (χ0v) is 21.1. The van der Waals surface area contributed by atoms with Gasteiger partial charge in [0.1, 0.15) is 0 Å². The van der Waals surface area contributed by atoms with Crippen molar-refractivity contribution in [2.75, 3.05) is 33.9 Å². The highest BCUT2D eigenvalue weighted by molar-refractivity contribution is 7.10. The molecule has 1 aromatic heterocycles. The van der Waals surface area contributed by atoms with Gasteiger partial charge in [-0.15, -0.1) is 11.3 Å². The molecule has 0 aliphatic heterocycles. The van der Waals surface area contributed by atoms with E-state index >= 15 is 0 Å². The van der Waals surface area contributed by atoms with Gasteiger partial charge in [0.05, 0.1) is 27.3 Å². The van der Waals surface area contributed by atoms with E-state index in [-0.39, 0.29) is 24.3 Å². The average Bonchev–Trinajstić information content (AvgIpc) is 3.18. The molecule has 2 aromatic rings. The number of amides is 2. The maximum Gasteiger partial charge on any atom is 0.242 e. The lowest BCUT2D eigenvalue weighted by Crippen LogP contribution is -2.46. The first-order valence-corrected chi connectivity index (χ1v) is 12.6. The molecule has 2 amide bonds. The monoisotopic (exact) mass is 472 g/mol. The number of thiophene rings is 1. The molecule has 1 fully saturated rings. The molecule has 1 aliphatic carbocycles. The molecular weight excluding hydrogens is 436 g/mol. The molecular formula is C26H36N2O4S. The maximum absolute atomic E-state index is 13.4. The van der Waals surface area contributed by atoms with Gasteiger partial charge in [0.15, 0.2) is 11.5 Å². The summed E-state index contributed by atoms with van der Waals surface area (Å²) in [6.07, 6.45) is 4.55. The molecule has 0 unspecified atom stereocenters. The molecule has 1 heterocycles. The number of methoxy groups -OCH3 is 2. The van der Waals surface area contributed by atoms with E-state index in [1.807, 2.05) is 23.1 Å². The summed E-state index contributed by atoms with van der Waals surface area (Å²) in [5.74, 6) is 1.62. The van der Waals surface area contributed by atoms with Crippen LogP contribution in [0.15, 0.2) is 29.6 Å². The van der Waals surface area contributed by atoms with Gasteiger partial charge < -0.3 is 19.3 Å². The van der Waals surface area contributed by atoms with Crippen molar-refractivity contribution in [2.24, 2.45) is 5.92 Å². The summed E-state index contributed by atoms with van der Waals surface area (Å²) >= 11 is 1.67. The average molecular weight is 473 g/mol. The smallest absolute Gasteiger partial charge is 0.242 e. The van der Waals surface area contributed by atoms with E-state index in [0.29, 0.717) is 37.6 Å². The van der Waals surface area contributed by atoms with Gasteiger partial charge in [-0.3, -0.25) is 9.59 Å². The Morgan fingerprint density at radius 1 is 1.06 bits per heavy atom. The molecule has 1 saturated carbocycles. The zero-order chi connectivity index (χ0) is 23.8. The minimum Gasteiger partial charge on any atom is -0.493 e. The first kappa shape index (κ1) is 25.1. The second-order valence-corrected chi connectivity index (χ2v) is 9.67. The first-order valence-electron chi connectivity index (χ1n) is 11.8. The second kappa shape index (κ2) is 12.1. The van der Waals surface area contributed by atoms with Crippen molar-refractivity contribution in [3.8, 4) is 11.5 Å². The Bertz CT molecular complexity index is 938. The second-order valence-electron chi connectivity index (χ2n) is 8.67. The maximum atomic E-state index is 13.4. The minimum absolute atomic E-state index is 0.00407. The highest BCUT2D eigenvalue weighted by atomic mass is 32.1. The summed E-state index contributed by atoms with van der Waals surface area (Å²) in [4.78, 5) is 31.2. The fraction of sp³-hybridized carbons (Fsp3) is 0.538. The van der Waals surface area contributed by atoms with Crippen LogP contribution in [0.25, 0.3) is 0 Å². The third-order valence-corrected chi connectivity index (χ3v) is 7.37. The Morgan fingerprint density at radius 2 is 1.82 bits per heavy atom. The molecule has 7 heteroatoms. The van der Waals surface area contributed by atoms with Gasteiger partial charge in [-0.2, -0.15) is 0 Å². The van der Waals surface area contributed by atoms with Gasteiger partial charge >= 0.3 is 0 Å². The summed E-state index contributed by atoms with van der Waals surface area (Å²) < 4.78 is 10.8. The minimum atomic E-state index is 0.00407. The molecule has 180 valence electrons. The number of ether oxygens (including phenoxy) is 2. The van der Waals surface area contributed by atoms with Crippen LogP contribution >= 0.6 is 11.3 Å². The molecule has 1 aromatic carbocycles. The van der Waals surface area contributed by atoms with Crippen LogP contribution in [0.5, 0.6) is 11.5 Å². The van der Waals surface area contributed by atoms with Crippen molar-refractivity contribution < 1.29 is 19.1 Å².